The van der Waals surface area contributed by atoms with Crippen molar-refractivity contribution < 1.29 is 0 Å². The summed E-state index contributed by atoms with van der Waals surface area (Å²) in [6.07, 6.45) is 9.87. The lowest BCUT2D eigenvalue weighted by atomic mass is 9.80. The van der Waals surface area contributed by atoms with Crippen molar-refractivity contribution in [2.45, 2.75) is 64.6 Å². The van der Waals surface area contributed by atoms with Crippen LogP contribution in [0, 0.1) is 17.8 Å². The molecule has 3 aromatic rings. The van der Waals surface area contributed by atoms with E-state index in [0.717, 1.165) is 5.92 Å². The van der Waals surface area contributed by atoms with E-state index in [0.29, 0.717) is 17.4 Å². The Bertz CT molecular complexity index is 1350. The zero-order chi connectivity index (χ0) is 26.7. The SMILES string of the molecule is CC[C@@H]1C[C@@H]2C(c3ccc(C(C)(C)C)cc3)=CC=C[C@@H]2C1[Si](C)(C)N1c2ccccc2Nc2ccccc21. The second-order valence-electron chi connectivity index (χ2n) is 13.1. The molecule has 3 aromatic carbocycles. The summed E-state index contributed by atoms with van der Waals surface area (Å²) < 4.78 is 2.79. The summed E-state index contributed by atoms with van der Waals surface area (Å²) in [4.78, 5) is 0. The summed E-state index contributed by atoms with van der Waals surface area (Å²) >= 11 is 0. The predicted molar refractivity (Wildman–Crippen MR) is 167 cm³/mol. The van der Waals surface area contributed by atoms with Gasteiger partial charge in [0.25, 0.3) is 0 Å². The van der Waals surface area contributed by atoms with E-state index < -0.39 is 8.24 Å². The first-order valence-corrected chi connectivity index (χ1v) is 17.5. The lowest BCUT2D eigenvalue weighted by Gasteiger charge is -2.49. The molecule has 38 heavy (non-hydrogen) atoms. The minimum absolute atomic E-state index is 0.180. The van der Waals surface area contributed by atoms with Gasteiger partial charge in [-0.05, 0) is 76.1 Å². The first-order chi connectivity index (χ1) is 18.2. The lowest BCUT2D eigenvalue weighted by Crippen LogP contribution is -2.53. The first-order valence-electron chi connectivity index (χ1n) is 14.4. The zero-order valence-corrected chi connectivity index (χ0v) is 24.8. The molecule has 0 bridgehead atoms. The highest BCUT2D eigenvalue weighted by Gasteiger charge is 2.54. The number of allylic oxidation sites excluding steroid dienone is 4. The van der Waals surface area contributed by atoms with Crippen molar-refractivity contribution in [1.82, 2.24) is 0 Å². The van der Waals surface area contributed by atoms with Gasteiger partial charge in [-0.2, -0.15) is 0 Å². The summed E-state index contributed by atoms with van der Waals surface area (Å²) in [5.41, 5.74) is 10.4. The maximum Gasteiger partial charge on any atom is 0.160 e. The number of nitrogens with zero attached hydrogens (tertiary/aromatic N) is 1. The van der Waals surface area contributed by atoms with Gasteiger partial charge in [0, 0.05) is 0 Å². The monoisotopic (exact) mass is 518 g/mol. The van der Waals surface area contributed by atoms with Crippen molar-refractivity contribution >= 4 is 36.6 Å². The maximum absolute atomic E-state index is 3.72. The molecule has 0 radical (unpaired) electrons. The fourth-order valence-corrected chi connectivity index (χ4v) is 12.5. The third-order valence-corrected chi connectivity index (χ3v) is 13.6. The van der Waals surface area contributed by atoms with Gasteiger partial charge in [-0.1, -0.05) is 114 Å². The van der Waals surface area contributed by atoms with Gasteiger partial charge in [-0.3, -0.25) is 0 Å². The third-order valence-electron chi connectivity index (χ3n) is 9.51. The molecule has 0 aromatic heterocycles. The second kappa shape index (κ2) is 9.31. The molecule has 2 nitrogen and oxygen atoms in total. The number of anilines is 4. The van der Waals surface area contributed by atoms with Gasteiger partial charge in [0.05, 0.1) is 22.7 Å². The minimum Gasteiger partial charge on any atom is -0.366 e. The van der Waals surface area contributed by atoms with Crippen molar-refractivity contribution in [3.63, 3.8) is 0 Å². The summed E-state index contributed by atoms with van der Waals surface area (Å²) in [7, 11) is -2.01. The molecule has 1 fully saturated rings. The lowest BCUT2D eigenvalue weighted by molar-refractivity contribution is 0.499. The van der Waals surface area contributed by atoms with E-state index in [4.69, 9.17) is 0 Å². The maximum atomic E-state index is 3.72. The van der Waals surface area contributed by atoms with E-state index in [1.165, 1.54) is 46.7 Å². The van der Waals surface area contributed by atoms with E-state index >= 15 is 0 Å². The Labute approximate surface area is 230 Å². The summed E-state index contributed by atoms with van der Waals surface area (Å²) in [6.45, 7) is 14.6. The highest BCUT2D eigenvalue weighted by atomic mass is 28.3. The van der Waals surface area contributed by atoms with E-state index in [1.807, 2.05) is 0 Å². The van der Waals surface area contributed by atoms with Crippen LogP contribution >= 0.6 is 0 Å². The Balaban J connectivity index is 1.39. The van der Waals surface area contributed by atoms with Crippen LogP contribution in [-0.4, -0.2) is 8.24 Å². The van der Waals surface area contributed by atoms with Crippen LogP contribution in [0.2, 0.25) is 18.6 Å². The van der Waals surface area contributed by atoms with Crippen LogP contribution in [0.25, 0.3) is 5.57 Å². The Morgan fingerprint density at radius 2 is 1.47 bits per heavy atom. The number of hydrogen-bond donors (Lipinski definition) is 1. The second-order valence-corrected chi connectivity index (χ2v) is 17.5. The zero-order valence-electron chi connectivity index (χ0n) is 23.8. The summed E-state index contributed by atoms with van der Waals surface area (Å²) in [5.74, 6) is 1.90. The van der Waals surface area contributed by atoms with E-state index in [2.05, 4.69) is 142 Å². The molecule has 196 valence electrons. The minimum atomic E-state index is -2.01. The van der Waals surface area contributed by atoms with Crippen molar-refractivity contribution in [3.8, 4) is 0 Å². The molecule has 6 rings (SSSR count). The number of rotatable bonds is 4. The molecule has 1 unspecified atom stereocenters. The van der Waals surface area contributed by atoms with Crippen LogP contribution < -0.4 is 9.88 Å². The molecule has 0 amide bonds. The van der Waals surface area contributed by atoms with Gasteiger partial charge in [0.15, 0.2) is 8.24 Å². The first kappa shape index (κ1) is 25.2. The van der Waals surface area contributed by atoms with Crippen LogP contribution in [0.4, 0.5) is 22.7 Å². The normalized spacial score (nSPS) is 24.3. The largest absolute Gasteiger partial charge is 0.366 e. The summed E-state index contributed by atoms with van der Waals surface area (Å²) in [5, 5.41) is 3.72. The molecule has 1 heterocycles. The highest BCUT2D eigenvalue weighted by Crippen LogP contribution is 2.60. The number of fused-ring (bicyclic) bond motifs is 3. The van der Waals surface area contributed by atoms with Crippen LogP contribution in [-0.2, 0) is 5.41 Å². The molecule has 3 heteroatoms. The predicted octanol–water partition coefficient (Wildman–Crippen LogP) is 10.1. The fraction of sp³-hybridized carbons (Fsp3) is 0.371. The van der Waals surface area contributed by atoms with Crippen molar-refractivity contribution in [2.24, 2.45) is 17.8 Å². The van der Waals surface area contributed by atoms with Crippen LogP contribution in [0.3, 0.4) is 0 Å². The van der Waals surface area contributed by atoms with Crippen LogP contribution in [0.15, 0.2) is 91.0 Å². The molecular weight excluding hydrogens is 476 g/mol. The van der Waals surface area contributed by atoms with Gasteiger partial charge >= 0.3 is 0 Å². The molecule has 0 saturated heterocycles. The van der Waals surface area contributed by atoms with Gasteiger partial charge in [-0.15, -0.1) is 0 Å². The molecule has 0 spiro atoms. The number of hydrogen-bond acceptors (Lipinski definition) is 2. The smallest absolute Gasteiger partial charge is 0.160 e. The molecule has 1 aliphatic heterocycles. The number of para-hydroxylation sites is 4. The Hall–Kier alpha value is -3.04. The molecule has 3 aliphatic rings. The average molecular weight is 519 g/mol. The Morgan fingerprint density at radius 3 is 2.05 bits per heavy atom. The van der Waals surface area contributed by atoms with E-state index in [9.17, 15) is 0 Å². The molecule has 1 N–H and O–H groups in total. The molecule has 1 saturated carbocycles. The van der Waals surface area contributed by atoms with Crippen LogP contribution in [0.1, 0.15) is 51.7 Å². The van der Waals surface area contributed by atoms with E-state index in [-0.39, 0.29) is 5.41 Å². The van der Waals surface area contributed by atoms with Gasteiger partial charge in [0.1, 0.15) is 0 Å². The molecular formula is C35H42N2Si. The van der Waals surface area contributed by atoms with Crippen molar-refractivity contribution in [3.05, 3.63) is 102 Å². The standard InChI is InChI=1S/C35H42N2Si/c1-7-24-23-29-27(25-19-21-26(22-20-25)35(2,3)4)13-12-14-28(29)34(24)38(5,6)37-32-17-10-8-15-30(32)36-31-16-9-11-18-33(31)37/h8-22,24,28-29,34,36H,7,23H2,1-6H3/t24-,28+,29-,34?/m1/s1. The van der Waals surface area contributed by atoms with E-state index in [1.54, 1.807) is 5.57 Å². The van der Waals surface area contributed by atoms with Gasteiger partial charge in [-0.25, -0.2) is 0 Å². The fourth-order valence-electron chi connectivity index (χ4n) is 7.73. The third kappa shape index (κ3) is 4.07. The average Bonchev–Trinajstić information content (AvgIpc) is 3.31. The number of nitrogens with one attached hydrogen (secondary N) is 1. The van der Waals surface area contributed by atoms with Crippen molar-refractivity contribution in [1.29, 1.82) is 0 Å². The topological polar surface area (TPSA) is 15.3 Å². The van der Waals surface area contributed by atoms with Gasteiger partial charge in [0.2, 0.25) is 0 Å². The molecule has 2 aliphatic carbocycles. The van der Waals surface area contributed by atoms with Crippen LogP contribution in [0.5, 0.6) is 0 Å². The highest BCUT2D eigenvalue weighted by molar-refractivity contribution is 6.84. The van der Waals surface area contributed by atoms with Gasteiger partial charge < -0.3 is 9.88 Å². The molecule has 4 atom stereocenters. The Kier molecular flexibility index (Phi) is 6.18. The van der Waals surface area contributed by atoms with Crippen molar-refractivity contribution in [2.75, 3.05) is 9.88 Å². The number of benzene rings is 3. The Morgan fingerprint density at radius 1 is 0.868 bits per heavy atom. The summed E-state index contributed by atoms with van der Waals surface area (Å²) in [6, 6.07) is 27.3. The quantitative estimate of drug-likeness (QED) is 0.346.